The lowest BCUT2D eigenvalue weighted by Gasteiger charge is -2.03. The van der Waals surface area contributed by atoms with Crippen LogP contribution in [-0.4, -0.2) is 39.6 Å². The average molecular weight is 262 g/mol. The first kappa shape index (κ1) is 12.9. The van der Waals surface area contributed by atoms with E-state index in [0.29, 0.717) is 30.5 Å². The SMILES string of the molecule is CNc1cnc(C(=O)NCCc2noc(C)n2)cn1. The van der Waals surface area contributed by atoms with Gasteiger partial charge in [0.05, 0.1) is 12.4 Å². The van der Waals surface area contributed by atoms with Gasteiger partial charge in [0.1, 0.15) is 11.5 Å². The molecular weight excluding hydrogens is 248 g/mol. The molecule has 2 aromatic rings. The van der Waals surface area contributed by atoms with Crippen LogP contribution in [0.5, 0.6) is 0 Å². The lowest BCUT2D eigenvalue weighted by atomic mass is 10.3. The van der Waals surface area contributed by atoms with Crippen LogP contribution in [0.3, 0.4) is 0 Å². The maximum atomic E-state index is 11.7. The molecule has 0 atom stereocenters. The number of anilines is 1. The number of aryl methyl sites for hydroxylation is 1. The van der Waals surface area contributed by atoms with E-state index in [-0.39, 0.29) is 11.6 Å². The first-order chi connectivity index (χ1) is 9.19. The second-order valence-corrected chi connectivity index (χ2v) is 3.77. The van der Waals surface area contributed by atoms with Gasteiger partial charge in [-0.2, -0.15) is 4.98 Å². The van der Waals surface area contributed by atoms with Crippen LogP contribution in [0.1, 0.15) is 22.2 Å². The highest BCUT2D eigenvalue weighted by Gasteiger charge is 2.08. The van der Waals surface area contributed by atoms with Crippen molar-refractivity contribution < 1.29 is 9.32 Å². The van der Waals surface area contributed by atoms with Gasteiger partial charge in [-0.25, -0.2) is 9.97 Å². The molecular formula is C11H14N6O2. The van der Waals surface area contributed by atoms with E-state index in [0.717, 1.165) is 0 Å². The topological polar surface area (TPSA) is 106 Å². The van der Waals surface area contributed by atoms with Crippen LogP contribution in [0.2, 0.25) is 0 Å². The van der Waals surface area contributed by atoms with Gasteiger partial charge in [0, 0.05) is 26.9 Å². The third-order valence-electron chi connectivity index (χ3n) is 2.34. The molecule has 100 valence electrons. The number of nitrogens with one attached hydrogen (secondary N) is 2. The molecule has 0 radical (unpaired) electrons. The van der Waals surface area contributed by atoms with Gasteiger partial charge in [0.2, 0.25) is 5.89 Å². The molecule has 8 heteroatoms. The summed E-state index contributed by atoms with van der Waals surface area (Å²) in [6, 6.07) is 0. The second kappa shape index (κ2) is 5.89. The van der Waals surface area contributed by atoms with Crippen LogP contribution >= 0.6 is 0 Å². The van der Waals surface area contributed by atoms with E-state index in [1.54, 1.807) is 14.0 Å². The van der Waals surface area contributed by atoms with Crippen LogP contribution in [0, 0.1) is 6.92 Å². The number of hydrogen-bond acceptors (Lipinski definition) is 7. The molecule has 0 aliphatic heterocycles. The van der Waals surface area contributed by atoms with Gasteiger partial charge in [0.15, 0.2) is 5.82 Å². The number of nitrogens with zero attached hydrogens (tertiary/aromatic N) is 4. The first-order valence-corrected chi connectivity index (χ1v) is 5.76. The Labute approximate surface area is 109 Å². The molecule has 0 spiro atoms. The number of carbonyl (C=O) groups excluding carboxylic acids is 1. The lowest BCUT2D eigenvalue weighted by Crippen LogP contribution is -2.27. The molecule has 0 aliphatic rings. The molecule has 0 aromatic carbocycles. The van der Waals surface area contributed by atoms with Crippen molar-refractivity contribution in [1.29, 1.82) is 0 Å². The van der Waals surface area contributed by atoms with E-state index in [1.807, 2.05) is 0 Å². The molecule has 2 rings (SSSR count). The van der Waals surface area contributed by atoms with Gasteiger partial charge >= 0.3 is 0 Å². The zero-order valence-corrected chi connectivity index (χ0v) is 10.7. The van der Waals surface area contributed by atoms with Crippen LogP contribution in [-0.2, 0) is 6.42 Å². The third-order valence-corrected chi connectivity index (χ3v) is 2.34. The predicted molar refractivity (Wildman–Crippen MR) is 66.7 cm³/mol. The fraction of sp³-hybridized carbons (Fsp3) is 0.364. The van der Waals surface area contributed by atoms with Gasteiger partial charge < -0.3 is 15.2 Å². The van der Waals surface area contributed by atoms with Gasteiger partial charge in [-0.15, -0.1) is 0 Å². The largest absolute Gasteiger partial charge is 0.372 e. The van der Waals surface area contributed by atoms with Gasteiger partial charge in [-0.05, 0) is 0 Å². The fourth-order valence-corrected chi connectivity index (χ4v) is 1.40. The molecule has 2 N–H and O–H groups in total. The highest BCUT2D eigenvalue weighted by molar-refractivity contribution is 5.91. The highest BCUT2D eigenvalue weighted by atomic mass is 16.5. The summed E-state index contributed by atoms with van der Waals surface area (Å²) in [4.78, 5) is 23.8. The lowest BCUT2D eigenvalue weighted by molar-refractivity contribution is 0.0948. The summed E-state index contributed by atoms with van der Waals surface area (Å²) in [6.45, 7) is 2.13. The van der Waals surface area contributed by atoms with Crippen molar-refractivity contribution in [2.24, 2.45) is 0 Å². The summed E-state index contributed by atoms with van der Waals surface area (Å²) in [5, 5.41) is 9.27. The third kappa shape index (κ3) is 3.47. The van der Waals surface area contributed by atoms with Crippen molar-refractivity contribution >= 4 is 11.7 Å². The normalized spacial score (nSPS) is 10.2. The molecule has 1 amide bonds. The van der Waals surface area contributed by atoms with Crippen molar-refractivity contribution in [2.75, 3.05) is 18.9 Å². The zero-order chi connectivity index (χ0) is 13.7. The van der Waals surface area contributed by atoms with Crippen molar-refractivity contribution in [2.45, 2.75) is 13.3 Å². The number of carbonyl (C=O) groups is 1. The first-order valence-electron chi connectivity index (χ1n) is 5.76. The van der Waals surface area contributed by atoms with E-state index in [9.17, 15) is 4.79 Å². The van der Waals surface area contributed by atoms with E-state index < -0.39 is 0 Å². The van der Waals surface area contributed by atoms with Crippen LogP contribution in [0.15, 0.2) is 16.9 Å². The summed E-state index contributed by atoms with van der Waals surface area (Å²) in [6.07, 6.45) is 3.42. The Morgan fingerprint density at radius 2 is 2.21 bits per heavy atom. The monoisotopic (exact) mass is 262 g/mol. The smallest absolute Gasteiger partial charge is 0.271 e. The Bertz CT molecular complexity index is 551. The molecule has 0 saturated heterocycles. The Morgan fingerprint density at radius 3 is 2.79 bits per heavy atom. The molecule has 0 saturated carbocycles. The molecule has 0 unspecified atom stereocenters. The minimum absolute atomic E-state index is 0.267. The van der Waals surface area contributed by atoms with Crippen LogP contribution < -0.4 is 10.6 Å². The maximum absolute atomic E-state index is 11.7. The quantitative estimate of drug-likeness (QED) is 0.791. The Kier molecular flexibility index (Phi) is 4.01. The summed E-state index contributed by atoms with van der Waals surface area (Å²) in [5.41, 5.74) is 0.267. The van der Waals surface area contributed by atoms with Crippen molar-refractivity contribution in [3.8, 4) is 0 Å². The average Bonchev–Trinajstić information content (AvgIpc) is 2.84. The zero-order valence-electron chi connectivity index (χ0n) is 10.7. The number of hydrogen-bond donors (Lipinski definition) is 2. The summed E-state index contributed by atoms with van der Waals surface area (Å²) >= 11 is 0. The minimum Gasteiger partial charge on any atom is -0.372 e. The molecule has 19 heavy (non-hydrogen) atoms. The van der Waals surface area contributed by atoms with Crippen molar-refractivity contribution in [3.05, 3.63) is 29.8 Å². The molecule has 8 nitrogen and oxygen atoms in total. The molecule has 0 fully saturated rings. The van der Waals surface area contributed by atoms with Crippen molar-refractivity contribution in [1.82, 2.24) is 25.4 Å². The van der Waals surface area contributed by atoms with Crippen molar-refractivity contribution in [3.63, 3.8) is 0 Å². The Balaban J connectivity index is 1.83. The summed E-state index contributed by atoms with van der Waals surface area (Å²) < 4.78 is 4.83. The predicted octanol–water partition coefficient (Wildman–Crippen LogP) is 0.182. The van der Waals surface area contributed by atoms with E-state index >= 15 is 0 Å². The number of aromatic nitrogens is 4. The highest BCUT2D eigenvalue weighted by Crippen LogP contribution is 2.00. The summed E-state index contributed by atoms with van der Waals surface area (Å²) in [5.74, 6) is 1.40. The summed E-state index contributed by atoms with van der Waals surface area (Å²) in [7, 11) is 1.73. The van der Waals surface area contributed by atoms with E-state index in [1.165, 1.54) is 12.4 Å². The number of amides is 1. The molecule has 0 bridgehead atoms. The van der Waals surface area contributed by atoms with E-state index in [4.69, 9.17) is 4.52 Å². The Hall–Kier alpha value is -2.51. The van der Waals surface area contributed by atoms with Gasteiger partial charge in [0.25, 0.3) is 5.91 Å². The Morgan fingerprint density at radius 1 is 1.37 bits per heavy atom. The van der Waals surface area contributed by atoms with E-state index in [2.05, 4.69) is 30.7 Å². The number of rotatable bonds is 5. The second-order valence-electron chi connectivity index (χ2n) is 3.77. The fourth-order valence-electron chi connectivity index (χ4n) is 1.40. The van der Waals surface area contributed by atoms with Gasteiger partial charge in [-0.1, -0.05) is 5.16 Å². The molecule has 2 aromatic heterocycles. The maximum Gasteiger partial charge on any atom is 0.271 e. The van der Waals surface area contributed by atoms with Crippen LogP contribution in [0.4, 0.5) is 5.82 Å². The van der Waals surface area contributed by atoms with Crippen LogP contribution in [0.25, 0.3) is 0 Å². The molecule has 0 aliphatic carbocycles. The standard InChI is InChI=1S/C11H14N6O2/c1-7-16-9(17-19-7)3-4-13-11(18)8-5-15-10(12-2)6-14-8/h5-6H,3-4H2,1-2H3,(H,12,15)(H,13,18). The molecule has 2 heterocycles. The van der Waals surface area contributed by atoms with Gasteiger partial charge in [-0.3, -0.25) is 4.79 Å². The minimum atomic E-state index is -0.282.